The Hall–Kier alpha value is -2.29. The lowest BCUT2D eigenvalue weighted by molar-refractivity contribution is 0.0987. The van der Waals surface area contributed by atoms with Crippen LogP contribution in [0.15, 0.2) is 34.9 Å². The largest absolute Gasteiger partial charge is 0.396 e. The molecule has 0 saturated carbocycles. The van der Waals surface area contributed by atoms with E-state index in [0.29, 0.717) is 27.3 Å². The summed E-state index contributed by atoms with van der Waals surface area (Å²) < 4.78 is 4.92. The van der Waals surface area contributed by atoms with Crippen LogP contribution in [0.1, 0.15) is 16.2 Å². The van der Waals surface area contributed by atoms with E-state index in [4.69, 9.17) is 21.2 Å². The molecule has 0 unspecified atom stereocenters. The highest BCUT2D eigenvalue weighted by Crippen LogP contribution is 2.31. The summed E-state index contributed by atoms with van der Waals surface area (Å²) in [6.07, 6.45) is 0.326. The second kappa shape index (κ2) is 6.86. The third-order valence-electron chi connectivity index (χ3n) is 2.90. The first-order valence-electron chi connectivity index (χ1n) is 6.63. The SMILES string of the molecule is O=C(Nc1nnc(-c2ccccc2Cl)s1)c1cc(CCO)no1. The number of aromatic nitrogens is 3. The first kappa shape index (κ1) is 15.6. The van der Waals surface area contributed by atoms with E-state index < -0.39 is 5.91 Å². The third-order valence-corrected chi connectivity index (χ3v) is 4.10. The van der Waals surface area contributed by atoms with E-state index in [1.807, 2.05) is 18.2 Å². The van der Waals surface area contributed by atoms with Crippen molar-refractivity contribution in [2.75, 3.05) is 11.9 Å². The van der Waals surface area contributed by atoms with Crippen molar-refractivity contribution in [1.82, 2.24) is 15.4 Å². The van der Waals surface area contributed by atoms with Crippen molar-refractivity contribution >= 4 is 34.0 Å². The topological polar surface area (TPSA) is 101 Å². The van der Waals surface area contributed by atoms with Gasteiger partial charge < -0.3 is 9.63 Å². The lowest BCUT2D eigenvalue weighted by Crippen LogP contribution is -2.10. The molecule has 0 aliphatic rings. The molecule has 118 valence electrons. The van der Waals surface area contributed by atoms with E-state index in [-0.39, 0.29) is 12.4 Å². The molecule has 1 aromatic carbocycles. The summed E-state index contributed by atoms with van der Waals surface area (Å²) in [6, 6.07) is 8.73. The molecular weight excluding hydrogens is 340 g/mol. The molecule has 2 heterocycles. The standard InChI is InChI=1S/C14H11ClN4O3S/c15-10-4-2-1-3-9(10)13-17-18-14(23-13)16-12(21)11-7-8(5-6-20)19-22-11/h1-4,7,20H,5-6H2,(H,16,18,21). The van der Waals surface area contributed by atoms with Gasteiger partial charge in [0.2, 0.25) is 10.9 Å². The molecule has 7 nitrogen and oxygen atoms in total. The van der Waals surface area contributed by atoms with Gasteiger partial charge in [-0.25, -0.2) is 0 Å². The van der Waals surface area contributed by atoms with Gasteiger partial charge in [0.15, 0.2) is 5.01 Å². The minimum absolute atomic E-state index is 0.0444. The molecule has 0 aliphatic heterocycles. The summed E-state index contributed by atoms with van der Waals surface area (Å²) in [5, 5.41) is 24.5. The Morgan fingerprint density at radius 2 is 2.17 bits per heavy atom. The molecule has 0 aliphatic carbocycles. The number of carbonyl (C=O) groups is 1. The molecule has 23 heavy (non-hydrogen) atoms. The van der Waals surface area contributed by atoms with Crippen LogP contribution in [0.4, 0.5) is 5.13 Å². The number of aliphatic hydroxyl groups is 1. The number of hydrogen-bond donors (Lipinski definition) is 2. The predicted molar refractivity (Wildman–Crippen MR) is 85.6 cm³/mol. The molecule has 9 heteroatoms. The second-order valence-corrected chi connectivity index (χ2v) is 5.89. The lowest BCUT2D eigenvalue weighted by atomic mass is 10.2. The number of benzene rings is 1. The zero-order valence-electron chi connectivity index (χ0n) is 11.7. The van der Waals surface area contributed by atoms with Crippen LogP contribution < -0.4 is 5.32 Å². The van der Waals surface area contributed by atoms with Gasteiger partial charge >= 0.3 is 0 Å². The smallest absolute Gasteiger partial charge is 0.296 e. The van der Waals surface area contributed by atoms with Gasteiger partial charge in [0.05, 0.1) is 10.7 Å². The van der Waals surface area contributed by atoms with E-state index in [1.54, 1.807) is 6.07 Å². The Bertz CT molecular complexity index is 833. The zero-order valence-corrected chi connectivity index (χ0v) is 13.3. The number of halogens is 1. The van der Waals surface area contributed by atoms with Crippen molar-refractivity contribution in [3.8, 4) is 10.6 Å². The van der Waals surface area contributed by atoms with Crippen LogP contribution in [-0.2, 0) is 6.42 Å². The molecule has 0 bridgehead atoms. The summed E-state index contributed by atoms with van der Waals surface area (Å²) in [6.45, 7) is -0.0643. The van der Waals surface area contributed by atoms with Crippen LogP contribution in [0, 0.1) is 0 Å². The summed E-state index contributed by atoms with van der Waals surface area (Å²) in [7, 11) is 0. The fourth-order valence-corrected chi connectivity index (χ4v) is 2.89. The van der Waals surface area contributed by atoms with E-state index in [9.17, 15) is 4.79 Å². The molecule has 1 amide bonds. The average Bonchev–Trinajstić information content (AvgIpc) is 3.18. The van der Waals surface area contributed by atoms with Crippen molar-refractivity contribution in [1.29, 1.82) is 0 Å². The molecule has 2 N–H and O–H groups in total. The normalized spacial score (nSPS) is 10.7. The van der Waals surface area contributed by atoms with Crippen LogP contribution in [-0.4, -0.2) is 33.0 Å². The maximum absolute atomic E-state index is 12.0. The van der Waals surface area contributed by atoms with Gasteiger partial charge in [-0.2, -0.15) is 0 Å². The van der Waals surface area contributed by atoms with Crippen molar-refractivity contribution in [2.24, 2.45) is 0 Å². The fourth-order valence-electron chi connectivity index (χ4n) is 1.83. The number of anilines is 1. The Morgan fingerprint density at radius 3 is 2.96 bits per heavy atom. The monoisotopic (exact) mass is 350 g/mol. The molecular formula is C14H11ClN4O3S. The van der Waals surface area contributed by atoms with Crippen LogP contribution in [0.2, 0.25) is 5.02 Å². The van der Waals surface area contributed by atoms with Crippen LogP contribution >= 0.6 is 22.9 Å². The number of aliphatic hydroxyl groups excluding tert-OH is 1. The molecule has 0 fully saturated rings. The minimum Gasteiger partial charge on any atom is -0.396 e. The number of nitrogens with one attached hydrogen (secondary N) is 1. The van der Waals surface area contributed by atoms with Gasteiger partial charge in [-0.05, 0) is 6.07 Å². The Labute approximate surface area is 139 Å². The maximum atomic E-state index is 12.0. The lowest BCUT2D eigenvalue weighted by Gasteiger charge is -1.97. The molecule has 0 spiro atoms. The first-order chi connectivity index (χ1) is 11.2. The third kappa shape index (κ3) is 3.55. The van der Waals surface area contributed by atoms with E-state index in [1.165, 1.54) is 17.4 Å². The van der Waals surface area contributed by atoms with E-state index >= 15 is 0 Å². The Morgan fingerprint density at radius 1 is 1.35 bits per heavy atom. The van der Waals surface area contributed by atoms with E-state index in [0.717, 1.165) is 5.56 Å². The van der Waals surface area contributed by atoms with Crippen molar-refractivity contribution in [3.05, 3.63) is 46.8 Å². The number of carbonyl (C=O) groups excluding carboxylic acids is 1. The van der Waals surface area contributed by atoms with Crippen LogP contribution in [0.25, 0.3) is 10.6 Å². The van der Waals surface area contributed by atoms with Gasteiger partial charge in [-0.1, -0.05) is 46.3 Å². The Balaban J connectivity index is 1.73. The highest BCUT2D eigenvalue weighted by molar-refractivity contribution is 7.18. The summed E-state index contributed by atoms with van der Waals surface area (Å²) in [5.41, 5.74) is 1.25. The van der Waals surface area contributed by atoms with E-state index in [2.05, 4.69) is 20.7 Å². The van der Waals surface area contributed by atoms with Crippen LogP contribution in [0.3, 0.4) is 0 Å². The summed E-state index contributed by atoms with van der Waals surface area (Å²) >= 11 is 7.31. The number of nitrogens with zero attached hydrogens (tertiary/aromatic N) is 3. The first-order valence-corrected chi connectivity index (χ1v) is 7.83. The zero-order chi connectivity index (χ0) is 16.2. The second-order valence-electron chi connectivity index (χ2n) is 4.50. The maximum Gasteiger partial charge on any atom is 0.296 e. The van der Waals surface area contributed by atoms with Crippen molar-refractivity contribution < 1.29 is 14.4 Å². The van der Waals surface area contributed by atoms with Crippen molar-refractivity contribution in [3.63, 3.8) is 0 Å². The van der Waals surface area contributed by atoms with Gasteiger partial charge in [-0.3, -0.25) is 10.1 Å². The number of amides is 1. The minimum atomic E-state index is -0.483. The van der Waals surface area contributed by atoms with Gasteiger partial charge in [0.25, 0.3) is 5.91 Å². The highest BCUT2D eigenvalue weighted by Gasteiger charge is 2.16. The summed E-state index contributed by atoms with van der Waals surface area (Å²) in [4.78, 5) is 12.0. The predicted octanol–water partition coefficient (Wildman–Crippen LogP) is 2.63. The highest BCUT2D eigenvalue weighted by atomic mass is 35.5. The molecule has 3 aromatic rings. The molecule has 0 radical (unpaired) electrons. The molecule has 0 atom stereocenters. The van der Waals surface area contributed by atoms with Crippen LogP contribution in [0.5, 0.6) is 0 Å². The molecule has 0 saturated heterocycles. The van der Waals surface area contributed by atoms with Gasteiger partial charge in [0, 0.05) is 24.7 Å². The number of hydrogen-bond acceptors (Lipinski definition) is 7. The Kier molecular flexibility index (Phi) is 4.65. The quantitative estimate of drug-likeness (QED) is 0.733. The molecule has 2 aromatic heterocycles. The summed E-state index contributed by atoms with van der Waals surface area (Å²) in [5.74, 6) is -0.438. The fraction of sp³-hybridized carbons (Fsp3) is 0.143. The van der Waals surface area contributed by atoms with Crippen molar-refractivity contribution in [2.45, 2.75) is 6.42 Å². The molecule has 3 rings (SSSR count). The van der Waals surface area contributed by atoms with Gasteiger partial charge in [-0.15, -0.1) is 10.2 Å². The number of rotatable bonds is 5. The van der Waals surface area contributed by atoms with Gasteiger partial charge in [0.1, 0.15) is 0 Å². The average molecular weight is 351 g/mol.